The van der Waals surface area contributed by atoms with Crippen LogP contribution in [0.15, 0.2) is 47.4 Å². The average molecular weight is 432 g/mol. The van der Waals surface area contributed by atoms with Gasteiger partial charge in [-0.1, -0.05) is 38.5 Å². The Morgan fingerprint density at radius 2 is 1.66 bits per heavy atom. The van der Waals surface area contributed by atoms with E-state index in [2.05, 4.69) is 36.6 Å². The summed E-state index contributed by atoms with van der Waals surface area (Å²) in [5.74, 6) is 0.473. The SMILES string of the molecule is Cc1ccc(S(=O)(=O)N2CCCCC2)cc1NC(=S)Nc1ccc(C(C)C)cc1. The second-order valence-corrected chi connectivity index (χ2v) is 10.1. The minimum Gasteiger partial charge on any atom is -0.332 e. The summed E-state index contributed by atoms with van der Waals surface area (Å²) in [6.07, 6.45) is 2.92. The number of thiocarbonyl (C=S) groups is 1. The highest BCUT2D eigenvalue weighted by molar-refractivity contribution is 7.89. The zero-order chi connectivity index (χ0) is 21.0. The van der Waals surface area contributed by atoms with E-state index in [9.17, 15) is 8.42 Å². The van der Waals surface area contributed by atoms with Gasteiger partial charge < -0.3 is 10.6 Å². The Bertz CT molecular complexity index is 964. The first-order valence-corrected chi connectivity index (χ1v) is 11.9. The highest BCUT2D eigenvalue weighted by Crippen LogP contribution is 2.25. The lowest BCUT2D eigenvalue weighted by atomic mass is 10.0. The third-order valence-corrected chi connectivity index (χ3v) is 7.34. The number of sulfonamides is 1. The number of hydrogen-bond acceptors (Lipinski definition) is 3. The van der Waals surface area contributed by atoms with Gasteiger partial charge in [0.1, 0.15) is 0 Å². The number of hydrogen-bond donors (Lipinski definition) is 2. The Hall–Kier alpha value is -1.96. The predicted octanol–water partition coefficient (Wildman–Crippen LogP) is 5.10. The van der Waals surface area contributed by atoms with E-state index in [1.54, 1.807) is 16.4 Å². The number of piperidine rings is 1. The molecule has 1 aliphatic heterocycles. The first-order chi connectivity index (χ1) is 13.8. The maximum absolute atomic E-state index is 13.0. The first kappa shape index (κ1) is 21.7. The van der Waals surface area contributed by atoms with Crippen LogP contribution < -0.4 is 10.6 Å². The maximum atomic E-state index is 13.0. The topological polar surface area (TPSA) is 61.4 Å². The molecule has 156 valence electrons. The Labute approximate surface area is 179 Å². The molecule has 2 aromatic rings. The molecule has 0 unspecified atom stereocenters. The van der Waals surface area contributed by atoms with Crippen molar-refractivity contribution < 1.29 is 8.42 Å². The van der Waals surface area contributed by atoms with Crippen molar-refractivity contribution in [2.75, 3.05) is 23.7 Å². The van der Waals surface area contributed by atoms with Crippen LogP contribution in [-0.2, 0) is 10.0 Å². The fourth-order valence-electron chi connectivity index (χ4n) is 3.39. The Morgan fingerprint density at radius 3 is 2.28 bits per heavy atom. The Kier molecular flexibility index (Phi) is 6.93. The second-order valence-electron chi connectivity index (χ2n) is 7.80. The van der Waals surface area contributed by atoms with Crippen molar-refractivity contribution in [1.82, 2.24) is 4.31 Å². The highest BCUT2D eigenvalue weighted by atomic mass is 32.2. The van der Waals surface area contributed by atoms with E-state index in [0.717, 1.165) is 30.5 Å². The van der Waals surface area contributed by atoms with Crippen molar-refractivity contribution in [3.05, 3.63) is 53.6 Å². The molecule has 2 aromatic carbocycles. The lowest BCUT2D eigenvalue weighted by Crippen LogP contribution is -2.35. The normalized spacial score (nSPS) is 15.3. The van der Waals surface area contributed by atoms with Crippen LogP contribution >= 0.6 is 12.2 Å². The van der Waals surface area contributed by atoms with Gasteiger partial charge in [0, 0.05) is 24.5 Å². The number of rotatable bonds is 5. The van der Waals surface area contributed by atoms with Crippen LogP contribution in [0.5, 0.6) is 0 Å². The molecule has 0 radical (unpaired) electrons. The van der Waals surface area contributed by atoms with Crippen LogP contribution in [0.2, 0.25) is 0 Å². The summed E-state index contributed by atoms with van der Waals surface area (Å²) in [6, 6.07) is 13.3. The molecule has 1 saturated heterocycles. The zero-order valence-electron chi connectivity index (χ0n) is 17.2. The molecule has 7 heteroatoms. The van der Waals surface area contributed by atoms with Crippen LogP contribution in [0, 0.1) is 6.92 Å². The molecule has 0 atom stereocenters. The molecule has 0 aliphatic carbocycles. The van der Waals surface area contributed by atoms with Crippen molar-refractivity contribution in [2.45, 2.75) is 50.8 Å². The Morgan fingerprint density at radius 1 is 1.00 bits per heavy atom. The van der Waals surface area contributed by atoms with E-state index in [0.29, 0.717) is 34.7 Å². The standard InChI is InChI=1S/C22H29N3O2S2/c1-16(2)18-8-10-19(11-9-18)23-22(28)24-21-15-20(12-7-17(21)3)29(26,27)25-13-5-4-6-14-25/h7-12,15-16H,4-6,13-14H2,1-3H3,(H2,23,24,28). The molecule has 5 nitrogen and oxygen atoms in total. The van der Waals surface area contributed by atoms with Gasteiger partial charge in [0.15, 0.2) is 5.11 Å². The summed E-state index contributed by atoms with van der Waals surface area (Å²) < 4.78 is 27.5. The van der Waals surface area contributed by atoms with Gasteiger partial charge in [-0.05, 0) is 73.3 Å². The molecule has 0 bridgehead atoms. The van der Waals surface area contributed by atoms with E-state index >= 15 is 0 Å². The van der Waals surface area contributed by atoms with E-state index in [-0.39, 0.29) is 0 Å². The van der Waals surface area contributed by atoms with Crippen molar-refractivity contribution in [3.63, 3.8) is 0 Å². The van der Waals surface area contributed by atoms with Crippen LogP contribution in [0.3, 0.4) is 0 Å². The number of nitrogens with one attached hydrogen (secondary N) is 2. The predicted molar refractivity (Wildman–Crippen MR) is 124 cm³/mol. The summed E-state index contributed by atoms with van der Waals surface area (Å²) in [4.78, 5) is 0.302. The molecule has 0 saturated carbocycles. The number of aryl methyl sites for hydroxylation is 1. The van der Waals surface area contributed by atoms with Gasteiger partial charge in [0.2, 0.25) is 10.0 Å². The molecular weight excluding hydrogens is 402 g/mol. The lowest BCUT2D eigenvalue weighted by Gasteiger charge is -2.26. The van der Waals surface area contributed by atoms with Crippen molar-refractivity contribution in [2.24, 2.45) is 0 Å². The molecule has 3 rings (SSSR count). The molecular formula is C22H29N3O2S2. The van der Waals surface area contributed by atoms with Crippen molar-refractivity contribution in [3.8, 4) is 0 Å². The minimum absolute atomic E-state index is 0.302. The van der Waals surface area contributed by atoms with Crippen molar-refractivity contribution >= 4 is 38.7 Å². The first-order valence-electron chi connectivity index (χ1n) is 10.1. The fraction of sp³-hybridized carbons (Fsp3) is 0.409. The van der Waals surface area contributed by atoms with Gasteiger partial charge in [0.05, 0.1) is 4.90 Å². The highest BCUT2D eigenvalue weighted by Gasteiger charge is 2.26. The molecule has 29 heavy (non-hydrogen) atoms. The molecule has 0 amide bonds. The van der Waals surface area contributed by atoms with E-state index in [1.807, 2.05) is 25.1 Å². The third-order valence-electron chi connectivity index (χ3n) is 5.25. The number of anilines is 2. The van der Waals surface area contributed by atoms with Gasteiger partial charge >= 0.3 is 0 Å². The van der Waals surface area contributed by atoms with E-state index in [1.165, 1.54) is 5.56 Å². The monoisotopic (exact) mass is 431 g/mol. The summed E-state index contributed by atoms with van der Waals surface area (Å²) >= 11 is 5.44. The van der Waals surface area contributed by atoms with Gasteiger partial charge in [-0.25, -0.2) is 8.42 Å². The Balaban J connectivity index is 1.73. The van der Waals surface area contributed by atoms with Crippen LogP contribution in [0.4, 0.5) is 11.4 Å². The number of benzene rings is 2. The van der Waals surface area contributed by atoms with Gasteiger partial charge in [-0.3, -0.25) is 0 Å². The fourth-order valence-corrected chi connectivity index (χ4v) is 5.16. The molecule has 1 heterocycles. The van der Waals surface area contributed by atoms with Gasteiger partial charge in [-0.2, -0.15) is 4.31 Å². The molecule has 2 N–H and O–H groups in total. The smallest absolute Gasteiger partial charge is 0.243 e. The summed E-state index contributed by atoms with van der Waals surface area (Å²) in [6.45, 7) is 7.42. The second kappa shape index (κ2) is 9.24. The summed E-state index contributed by atoms with van der Waals surface area (Å²) in [7, 11) is -3.48. The van der Waals surface area contributed by atoms with Crippen LogP contribution in [0.25, 0.3) is 0 Å². The lowest BCUT2D eigenvalue weighted by molar-refractivity contribution is 0.346. The minimum atomic E-state index is -3.48. The van der Waals surface area contributed by atoms with Crippen LogP contribution in [0.1, 0.15) is 50.2 Å². The quantitative estimate of drug-likeness (QED) is 0.645. The largest absolute Gasteiger partial charge is 0.332 e. The maximum Gasteiger partial charge on any atom is 0.243 e. The summed E-state index contributed by atoms with van der Waals surface area (Å²) in [5, 5.41) is 6.74. The van der Waals surface area contributed by atoms with E-state index < -0.39 is 10.0 Å². The van der Waals surface area contributed by atoms with Crippen molar-refractivity contribution in [1.29, 1.82) is 0 Å². The molecule has 0 aromatic heterocycles. The number of nitrogens with zero attached hydrogens (tertiary/aromatic N) is 1. The average Bonchev–Trinajstić information content (AvgIpc) is 2.70. The third kappa shape index (κ3) is 5.35. The van der Waals surface area contributed by atoms with Gasteiger partial charge in [0.25, 0.3) is 0 Å². The molecule has 1 aliphatic rings. The van der Waals surface area contributed by atoms with Crippen LogP contribution in [-0.4, -0.2) is 30.9 Å². The zero-order valence-corrected chi connectivity index (χ0v) is 18.9. The molecule has 1 fully saturated rings. The van der Waals surface area contributed by atoms with E-state index in [4.69, 9.17) is 12.2 Å². The van der Waals surface area contributed by atoms with Gasteiger partial charge in [-0.15, -0.1) is 0 Å². The summed E-state index contributed by atoms with van der Waals surface area (Å²) in [5.41, 5.74) is 3.78. The molecule has 0 spiro atoms.